The van der Waals surface area contributed by atoms with Crippen LogP contribution in [0.25, 0.3) is 11.1 Å². The van der Waals surface area contributed by atoms with E-state index in [1.54, 1.807) is 6.07 Å². The first-order valence-corrected chi connectivity index (χ1v) is 7.58. The lowest BCUT2D eigenvalue weighted by Gasteiger charge is -2.03. The number of rotatable bonds is 4. The Morgan fingerprint density at radius 1 is 1.39 bits per heavy atom. The van der Waals surface area contributed by atoms with Gasteiger partial charge in [-0.3, -0.25) is 0 Å². The van der Waals surface area contributed by atoms with Crippen LogP contribution < -0.4 is 5.32 Å². The first-order chi connectivity index (χ1) is 8.36. The molecular weight excluding hydrogens is 252 g/mol. The van der Waals surface area contributed by atoms with E-state index in [-0.39, 0.29) is 4.90 Å². The van der Waals surface area contributed by atoms with Crippen LogP contribution in [0.5, 0.6) is 0 Å². The van der Waals surface area contributed by atoms with E-state index in [2.05, 4.69) is 10.3 Å². The number of hydrogen-bond acceptors (Lipinski definition) is 5. The molecule has 6 heteroatoms. The summed E-state index contributed by atoms with van der Waals surface area (Å²) in [7, 11) is -3.21. The Balaban J connectivity index is 2.34. The lowest BCUT2D eigenvalue weighted by atomic mass is 10.3. The Morgan fingerprint density at radius 2 is 2.11 bits per heavy atom. The largest absolute Gasteiger partial charge is 0.439 e. The predicted octanol–water partition coefficient (Wildman–Crippen LogP) is 1.73. The van der Waals surface area contributed by atoms with Crippen LogP contribution in [0.2, 0.25) is 0 Å². The van der Waals surface area contributed by atoms with Gasteiger partial charge in [0.2, 0.25) is 5.89 Å². The van der Waals surface area contributed by atoms with E-state index in [0.717, 1.165) is 0 Å². The minimum atomic E-state index is -3.21. The SMILES string of the molecule is CC(C)NCc1nc2cc(S(C)(=O)=O)ccc2o1. The molecule has 2 rings (SSSR count). The molecule has 18 heavy (non-hydrogen) atoms. The molecule has 0 spiro atoms. The molecule has 0 fully saturated rings. The summed E-state index contributed by atoms with van der Waals surface area (Å²) in [5.74, 6) is 0.560. The van der Waals surface area contributed by atoms with Crippen molar-refractivity contribution in [2.24, 2.45) is 0 Å². The summed E-state index contributed by atoms with van der Waals surface area (Å²) in [5.41, 5.74) is 1.17. The van der Waals surface area contributed by atoms with Crippen LogP contribution in [0.4, 0.5) is 0 Å². The summed E-state index contributed by atoms with van der Waals surface area (Å²) in [6.07, 6.45) is 1.18. The fourth-order valence-electron chi connectivity index (χ4n) is 1.55. The van der Waals surface area contributed by atoms with Gasteiger partial charge in [0.15, 0.2) is 15.4 Å². The lowest BCUT2D eigenvalue weighted by molar-refractivity contribution is 0.472. The van der Waals surface area contributed by atoms with Gasteiger partial charge >= 0.3 is 0 Å². The molecule has 0 aliphatic heterocycles. The van der Waals surface area contributed by atoms with Gasteiger partial charge in [0.25, 0.3) is 0 Å². The van der Waals surface area contributed by atoms with Gasteiger partial charge in [-0.15, -0.1) is 0 Å². The Labute approximate surface area is 106 Å². The van der Waals surface area contributed by atoms with E-state index in [0.29, 0.717) is 29.6 Å². The van der Waals surface area contributed by atoms with E-state index in [4.69, 9.17) is 4.42 Å². The van der Waals surface area contributed by atoms with Crippen molar-refractivity contribution in [3.8, 4) is 0 Å². The molecule has 0 aliphatic carbocycles. The molecule has 0 unspecified atom stereocenters. The maximum Gasteiger partial charge on any atom is 0.209 e. The van der Waals surface area contributed by atoms with Crippen LogP contribution in [0.3, 0.4) is 0 Å². The quantitative estimate of drug-likeness (QED) is 0.914. The second kappa shape index (κ2) is 4.70. The molecule has 0 aliphatic rings. The highest BCUT2D eigenvalue weighted by atomic mass is 32.2. The molecule has 1 N–H and O–H groups in total. The number of nitrogens with zero attached hydrogens (tertiary/aromatic N) is 1. The average molecular weight is 268 g/mol. The number of nitrogens with one attached hydrogen (secondary N) is 1. The van der Waals surface area contributed by atoms with E-state index < -0.39 is 9.84 Å². The number of hydrogen-bond donors (Lipinski definition) is 1. The van der Waals surface area contributed by atoms with E-state index in [9.17, 15) is 8.42 Å². The van der Waals surface area contributed by atoms with Crippen molar-refractivity contribution in [2.75, 3.05) is 6.26 Å². The Hall–Kier alpha value is -1.40. The van der Waals surface area contributed by atoms with Crippen molar-refractivity contribution in [3.05, 3.63) is 24.1 Å². The molecule has 1 heterocycles. The molecule has 0 radical (unpaired) electrons. The zero-order valence-corrected chi connectivity index (χ0v) is 11.4. The summed E-state index contributed by atoms with van der Waals surface area (Å²) in [6, 6.07) is 5.04. The number of aromatic nitrogens is 1. The standard InChI is InChI=1S/C12H16N2O3S/c1-8(2)13-7-12-14-10-6-9(18(3,15)16)4-5-11(10)17-12/h4-6,8,13H,7H2,1-3H3. The topological polar surface area (TPSA) is 72.2 Å². The number of sulfone groups is 1. The van der Waals surface area contributed by atoms with Gasteiger partial charge in [0.05, 0.1) is 11.4 Å². The zero-order chi connectivity index (χ0) is 13.3. The fourth-order valence-corrected chi connectivity index (χ4v) is 2.19. The first-order valence-electron chi connectivity index (χ1n) is 5.69. The molecule has 0 saturated carbocycles. The van der Waals surface area contributed by atoms with E-state index in [1.807, 2.05) is 13.8 Å². The molecule has 1 aromatic heterocycles. The van der Waals surface area contributed by atoms with Crippen LogP contribution in [0, 0.1) is 0 Å². The number of benzene rings is 1. The van der Waals surface area contributed by atoms with E-state index in [1.165, 1.54) is 18.4 Å². The molecule has 2 aromatic rings. The van der Waals surface area contributed by atoms with Crippen LogP contribution in [-0.4, -0.2) is 25.7 Å². The molecule has 0 atom stereocenters. The molecular formula is C12H16N2O3S. The molecule has 0 amide bonds. The summed E-state index contributed by atoms with van der Waals surface area (Å²) in [4.78, 5) is 4.52. The molecule has 0 saturated heterocycles. The Kier molecular flexibility index (Phi) is 3.41. The van der Waals surface area contributed by atoms with Gasteiger partial charge in [-0.2, -0.15) is 0 Å². The van der Waals surface area contributed by atoms with E-state index >= 15 is 0 Å². The lowest BCUT2D eigenvalue weighted by Crippen LogP contribution is -2.21. The zero-order valence-electron chi connectivity index (χ0n) is 10.6. The van der Waals surface area contributed by atoms with Crippen molar-refractivity contribution < 1.29 is 12.8 Å². The normalized spacial score (nSPS) is 12.4. The average Bonchev–Trinajstić information content (AvgIpc) is 2.66. The van der Waals surface area contributed by atoms with Crippen molar-refractivity contribution in [2.45, 2.75) is 31.3 Å². The van der Waals surface area contributed by atoms with Crippen molar-refractivity contribution in [1.82, 2.24) is 10.3 Å². The first kappa shape index (κ1) is 13.0. The van der Waals surface area contributed by atoms with Crippen molar-refractivity contribution >= 4 is 20.9 Å². The second-order valence-electron chi connectivity index (χ2n) is 4.54. The number of oxazole rings is 1. The molecule has 0 bridgehead atoms. The molecule has 98 valence electrons. The highest BCUT2D eigenvalue weighted by molar-refractivity contribution is 7.90. The third kappa shape index (κ3) is 2.88. The highest BCUT2D eigenvalue weighted by Crippen LogP contribution is 2.19. The minimum Gasteiger partial charge on any atom is -0.439 e. The van der Waals surface area contributed by atoms with Gasteiger partial charge in [0, 0.05) is 12.3 Å². The third-order valence-corrected chi connectivity index (χ3v) is 3.60. The highest BCUT2D eigenvalue weighted by Gasteiger charge is 2.11. The summed E-state index contributed by atoms with van der Waals surface area (Å²) in [6.45, 7) is 4.59. The van der Waals surface area contributed by atoms with Gasteiger partial charge in [-0.05, 0) is 18.2 Å². The summed E-state index contributed by atoms with van der Waals surface area (Å²) >= 11 is 0. The Morgan fingerprint density at radius 3 is 2.72 bits per heavy atom. The Bertz CT molecular complexity index is 659. The van der Waals surface area contributed by atoms with Gasteiger partial charge < -0.3 is 9.73 Å². The summed E-state index contributed by atoms with van der Waals surface area (Å²) in [5, 5.41) is 3.19. The van der Waals surface area contributed by atoms with Crippen LogP contribution in [0.1, 0.15) is 19.7 Å². The smallest absolute Gasteiger partial charge is 0.209 e. The number of fused-ring (bicyclic) bond motifs is 1. The van der Waals surface area contributed by atoms with Gasteiger partial charge in [-0.25, -0.2) is 13.4 Å². The van der Waals surface area contributed by atoms with Gasteiger partial charge in [-0.1, -0.05) is 13.8 Å². The monoisotopic (exact) mass is 268 g/mol. The summed E-state index contributed by atoms with van der Waals surface area (Å²) < 4.78 is 28.4. The van der Waals surface area contributed by atoms with Crippen molar-refractivity contribution in [1.29, 1.82) is 0 Å². The molecule has 5 nitrogen and oxygen atoms in total. The second-order valence-corrected chi connectivity index (χ2v) is 6.56. The fraction of sp³-hybridized carbons (Fsp3) is 0.417. The van der Waals surface area contributed by atoms with Crippen LogP contribution in [-0.2, 0) is 16.4 Å². The van der Waals surface area contributed by atoms with Gasteiger partial charge in [0.1, 0.15) is 5.52 Å². The van der Waals surface area contributed by atoms with Crippen LogP contribution in [0.15, 0.2) is 27.5 Å². The molecule has 1 aromatic carbocycles. The predicted molar refractivity (Wildman–Crippen MR) is 69.1 cm³/mol. The third-order valence-electron chi connectivity index (χ3n) is 2.49. The minimum absolute atomic E-state index is 0.256. The van der Waals surface area contributed by atoms with Crippen LogP contribution >= 0.6 is 0 Å². The maximum absolute atomic E-state index is 11.4. The maximum atomic E-state index is 11.4. The van der Waals surface area contributed by atoms with Crippen molar-refractivity contribution in [3.63, 3.8) is 0 Å².